The third-order valence-corrected chi connectivity index (χ3v) is 6.90. The summed E-state index contributed by atoms with van der Waals surface area (Å²) in [5.41, 5.74) is 0. The first-order valence-electron chi connectivity index (χ1n) is 7.48. The van der Waals surface area contributed by atoms with Crippen molar-refractivity contribution in [3.05, 3.63) is 24.3 Å². The van der Waals surface area contributed by atoms with Crippen LogP contribution < -0.4 is 4.74 Å². The minimum atomic E-state index is -1.01. The number of carbonyl (C=O) groups excluding carboxylic acids is 2. The van der Waals surface area contributed by atoms with Crippen molar-refractivity contribution in [1.29, 1.82) is 0 Å². The molecule has 0 aliphatic carbocycles. The average molecular weight is 402 g/mol. The zero-order valence-electron chi connectivity index (χ0n) is 13.8. The van der Waals surface area contributed by atoms with Crippen molar-refractivity contribution in [3.63, 3.8) is 0 Å². The van der Waals surface area contributed by atoms with E-state index in [9.17, 15) is 19.5 Å². The van der Waals surface area contributed by atoms with E-state index in [1.807, 2.05) is 24.3 Å². The molecule has 1 aromatic rings. The third kappa shape index (κ3) is 5.58. The van der Waals surface area contributed by atoms with Crippen molar-refractivity contribution in [1.82, 2.24) is 4.90 Å². The first-order valence-corrected chi connectivity index (χ1v) is 10.5. The lowest BCUT2D eigenvalue weighted by Gasteiger charge is -2.27. The van der Waals surface area contributed by atoms with Gasteiger partial charge in [-0.1, -0.05) is 11.8 Å². The van der Waals surface area contributed by atoms with Gasteiger partial charge in [0.15, 0.2) is 5.12 Å². The van der Waals surface area contributed by atoms with E-state index in [0.717, 1.165) is 22.4 Å². The molecule has 9 heteroatoms. The maximum Gasteiger partial charge on any atom is 0.327 e. The van der Waals surface area contributed by atoms with E-state index in [1.165, 1.54) is 23.6 Å². The van der Waals surface area contributed by atoms with Gasteiger partial charge in [0, 0.05) is 23.3 Å². The molecule has 1 aliphatic rings. The second-order valence-corrected chi connectivity index (χ2v) is 8.67. The van der Waals surface area contributed by atoms with Crippen LogP contribution in [0.5, 0.6) is 5.75 Å². The van der Waals surface area contributed by atoms with Crippen LogP contribution in [-0.4, -0.2) is 62.8 Å². The van der Waals surface area contributed by atoms with Crippen LogP contribution in [0.15, 0.2) is 29.2 Å². The van der Waals surface area contributed by atoms with Gasteiger partial charge in [-0.15, -0.1) is 23.5 Å². The zero-order chi connectivity index (χ0) is 18.4. The molecule has 25 heavy (non-hydrogen) atoms. The number of benzene rings is 1. The largest absolute Gasteiger partial charge is 0.497 e. The number of carbonyl (C=O) groups is 3. The summed E-state index contributed by atoms with van der Waals surface area (Å²) >= 11 is 3.93. The van der Waals surface area contributed by atoms with Crippen LogP contribution in [0.25, 0.3) is 0 Å². The van der Waals surface area contributed by atoms with E-state index in [4.69, 9.17) is 4.74 Å². The van der Waals surface area contributed by atoms with Crippen molar-refractivity contribution in [2.24, 2.45) is 0 Å². The first kappa shape index (κ1) is 20.0. The number of amides is 1. The molecule has 0 aromatic heterocycles. The number of thioether (sulfide) groups is 3. The molecule has 1 heterocycles. The predicted octanol–water partition coefficient (Wildman–Crippen LogP) is 2.42. The standard InChI is InChI=1S/C16H19NO5S3/c1-10(18)23-8-14(19)17-13(16(20)21)7-25-15(17)9-24-12-5-3-11(22-2)4-6-12/h3-6,13,15H,7-9H2,1-2H3,(H,20,21). The molecule has 0 radical (unpaired) electrons. The first-order chi connectivity index (χ1) is 11.9. The van der Waals surface area contributed by atoms with E-state index in [0.29, 0.717) is 11.5 Å². The Morgan fingerprint density at radius 1 is 1.32 bits per heavy atom. The molecule has 0 saturated carbocycles. The fraction of sp³-hybridized carbons (Fsp3) is 0.438. The van der Waals surface area contributed by atoms with Crippen molar-refractivity contribution in [2.45, 2.75) is 23.2 Å². The number of nitrogens with zero attached hydrogens (tertiary/aromatic N) is 1. The minimum absolute atomic E-state index is 0.0244. The zero-order valence-corrected chi connectivity index (χ0v) is 16.3. The van der Waals surface area contributed by atoms with E-state index < -0.39 is 12.0 Å². The van der Waals surface area contributed by atoms with E-state index in [-0.39, 0.29) is 22.1 Å². The fourth-order valence-corrected chi connectivity index (χ4v) is 5.32. The van der Waals surface area contributed by atoms with Crippen LogP contribution in [-0.2, 0) is 14.4 Å². The Morgan fingerprint density at radius 2 is 2.00 bits per heavy atom. The Bertz CT molecular complexity index is 637. The van der Waals surface area contributed by atoms with Crippen molar-refractivity contribution < 1.29 is 24.2 Å². The van der Waals surface area contributed by atoms with E-state index >= 15 is 0 Å². The Balaban J connectivity index is 2.01. The number of carboxylic acid groups (broad SMARTS) is 1. The SMILES string of the molecule is COc1ccc(SCC2SCC(C(=O)O)N2C(=O)CSC(C)=O)cc1. The number of carboxylic acids is 1. The molecule has 2 rings (SSSR count). The summed E-state index contributed by atoms with van der Waals surface area (Å²) in [5, 5.41) is 8.98. The quantitative estimate of drug-likeness (QED) is 0.698. The van der Waals surface area contributed by atoms with Gasteiger partial charge in [-0.2, -0.15) is 0 Å². The van der Waals surface area contributed by atoms with Crippen LogP contribution in [0.2, 0.25) is 0 Å². The molecule has 1 aromatic carbocycles. The second-order valence-electron chi connectivity index (χ2n) is 5.21. The topological polar surface area (TPSA) is 83.9 Å². The molecule has 136 valence electrons. The molecular formula is C16H19NO5S3. The van der Waals surface area contributed by atoms with Gasteiger partial charge < -0.3 is 14.7 Å². The molecular weight excluding hydrogens is 382 g/mol. The summed E-state index contributed by atoms with van der Waals surface area (Å²) in [7, 11) is 1.60. The predicted molar refractivity (Wildman–Crippen MR) is 101 cm³/mol. The molecule has 1 saturated heterocycles. The number of hydrogen-bond donors (Lipinski definition) is 1. The van der Waals surface area contributed by atoms with Gasteiger partial charge in [-0.05, 0) is 24.3 Å². The minimum Gasteiger partial charge on any atom is -0.497 e. The number of rotatable bonds is 7. The van der Waals surface area contributed by atoms with Crippen LogP contribution in [0.1, 0.15) is 6.92 Å². The fourth-order valence-electron chi connectivity index (χ4n) is 2.29. The second kappa shape index (κ2) is 9.40. The number of aliphatic carboxylic acids is 1. The smallest absolute Gasteiger partial charge is 0.327 e. The lowest BCUT2D eigenvalue weighted by molar-refractivity contribution is -0.147. The third-order valence-electron chi connectivity index (χ3n) is 3.52. The number of ether oxygens (including phenoxy) is 1. The summed E-state index contributed by atoms with van der Waals surface area (Å²) in [5.74, 6) is 0.368. The summed E-state index contributed by atoms with van der Waals surface area (Å²) in [6, 6.07) is 6.73. The molecule has 1 amide bonds. The summed E-state index contributed by atoms with van der Waals surface area (Å²) in [6.45, 7) is 1.39. The number of hydrogen-bond acceptors (Lipinski definition) is 7. The Hall–Kier alpha value is -1.32. The number of methoxy groups -OCH3 is 1. The lowest BCUT2D eigenvalue weighted by atomic mass is 10.3. The van der Waals surface area contributed by atoms with Gasteiger partial charge in [-0.3, -0.25) is 9.59 Å². The van der Waals surface area contributed by atoms with Crippen LogP contribution in [0, 0.1) is 0 Å². The Kier molecular flexibility index (Phi) is 7.52. The van der Waals surface area contributed by atoms with Gasteiger partial charge in [0.2, 0.25) is 5.91 Å². The van der Waals surface area contributed by atoms with Crippen molar-refractivity contribution in [2.75, 3.05) is 24.4 Å². The molecule has 1 fully saturated rings. The Labute approximate surface area is 159 Å². The van der Waals surface area contributed by atoms with Gasteiger partial charge >= 0.3 is 5.97 Å². The highest BCUT2D eigenvalue weighted by Crippen LogP contribution is 2.34. The Morgan fingerprint density at radius 3 is 2.56 bits per heavy atom. The van der Waals surface area contributed by atoms with E-state index in [1.54, 1.807) is 18.9 Å². The van der Waals surface area contributed by atoms with Crippen molar-refractivity contribution >= 4 is 52.3 Å². The van der Waals surface area contributed by atoms with Crippen LogP contribution >= 0.6 is 35.3 Å². The molecule has 0 bridgehead atoms. The van der Waals surface area contributed by atoms with Crippen molar-refractivity contribution in [3.8, 4) is 5.75 Å². The van der Waals surface area contributed by atoms with Crippen LogP contribution in [0.4, 0.5) is 0 Å². The monoisotopic (exact) mass is 401 g/mol. The van der Waals surface area contributed by atoms with E-state index in [2.05, 4.69) is 0 Å². The summed E-state index contributed by atoms with van der Waals surface area (Å²) < 4.78 is 5.12. The summed E-state index contributed by atoms with van der Waals surface area (Å²) in [4.78, 5) is 37.4. The normalized spacial score (nSPS) is 19.7. The summed E-state index contributed by atoms with van der Waals surface area (Å²) in [6.07, 6.45) is 0. The molecule has 1 N–H and O–H groups in total. The van der Waals surface area contributed by atoms with Gasteiger partial charge in [0.05, 0.1) is 18.2 Å². The highest BCUT2D eigenvalue weighted by atomic mass is 32.2. The molecule has 1 aliphatic heterocycles. The maximum absolute atomic E-state index is 12.4. The average Bonchev–Trinajstić information content (AvgIpc) is 3.02. The highest BCUT2D eigenvalue weighted by molar-refractivity contribution is 8.14. The van der Waals surface area contributed by atoms with Crippen LogP contribution in [0.3, 0.4) is 0 Å². The highest BCUT2D eigenvalue weighted by Gasteiger charge is 2.41. The molecule has 2 unspecified atom stereocenters. The lowest BCUT2D eigenvalue weighted by Crippen LogP contribution is -2.47. The molecule has 6 nitrogen and oxygen atoms in total. The molecule has 2 atom stereocenters. The van der Waals surface area contributed by atoms with Gasteiger partial charge in [0.1, 0.15) is 11.8 Å². The van der Waals surface area contributed by atoms with Gasteiger partial charge in [-0.25, -0.2) is 4.79 Å². The maximum atomic E-state index is 12.4. The van der Waals surface area contributed by atoms with Gasteiger partial charge in [0.25, 0.3) is 0 Å². The molecule has 0 spiro atoms.